The third kappa shape index (κ3) is 7.70. The van der Waals surface area contributed by atoms with E-state index in [2.05, 4.69) is 5.32 Å². The highest BCUT2D eigenvalue weighted by Crippen LogP contribution is 2.30. The summed E-state index contributed by atoms with van der Waals surface area (Å²) in [5.74, 6) is -1.08. The summed E-state index contributed by atoms with van der Waals surface area (Å²) in [6.07, 6.45) is 0.163. The van der Waals surface area contributed by atoms with Crippen molar-refractivity contribution in [2.75, 3.05) is 17.9 Å². The van der Waals surface area contributed by atoms with Gasteiger partial charge in [-0.3, -0.25) is 13.9 Å². The van der Waals surface area contributed by atoms with Crippen LogP contribution in [0.2, 0.25) is 15.1 Å². The van der Waals surface area contributed by atoms with E-state index < -0.39 is 34.4 Å². The van der Waals surface area contributed by atoms with E-state index in [1.807, 2.05) is 30.3 Å². The van der Waals surface area contributed by atoms with E-state index in [9.17, 15) is 18.0 Å². The van der Waals surface area contributed by atoms with E-state index in [0.29, 0.717) is 20.6 Å². The minimum Gasteiger partial charge on any atom is -0.357 e. The Balaban J connectivity index is 1.83. The zero-order chi connectivity index (χ0) is 31.1. The molecule has 0 fully saturated rings. The lowest BCUT2D eigenvalue weighted by atomic mass is 10.0. The van der Waals surface area contributed by atoms with Gasteiger partial charge in [-0.2, -0.15) is 0 Å². The number of hydrogen-bond acceptors (Lipinski definition) is 4. The molecule has 0 aliphatic heterocycles. The number of sulfonamides is 1. The molecule has 1 atom stereocenters. The molecular formula is C32H30Cl3N3O4S. The lowest BCUT2D eigenvalue weighted by Gasteiger charge is -2.34. The SMILES string of the molecule is CNC(=O)[C@@H](Cc1ccccc1)N(Cc1c(Cl)cccc1Cl)C(=O)CN(c1ccc(C)c(Cl)c1)S(=O)(=O)c1ccccc1. The van der Waals surface area contributed by atoms with Gasteiger partial charge in [0.2, 0.25) is 11.8 Å². The number of carbonyl (C=O) groups excluding carboxylic acids is 2. The maximum Gasteiger partial charge on any atom is 0.264 e. The Hall–Kier alpha value is -3.56. The molecular weight excluding hydrogens is 629 g/mol. The van der Waals surface area contributed by atoms with Crippen molar-refractivity contribution < 1.29 is 18.0 Å². The largest absolute Gasteiger partial charge is 0.357 e. The maximum absolute atomic E-state index is 14.4. The van der Waals surface area contributed by atoms with Crippen LogP contribution >= 0.6 is 34.8 Å². The van der Waals surface area contributed by atoms with Crippen molar-refractivity contribution in [3.05, 3.63) is 129 Å². The van der Waals surface area contributed by atoms with Gasteiger partial charge in [-0.05, 0) is 54.4 Å². The number of nitrogens with zero attached hydrogens (tertiary/aromatic N) is 2. The third-order valence-electron chi connectivity index (χ3n) is 6.96. The molecule has 0 aromatic heterocycles. The summed E-state index contributed by atoms with van der Waals surface area (Å²) < 4.78 is 29.0. The fraction of sp³-hybridized carbons (Fsp3) is 0.188. The van der Waals surface area contributed by atoms with E-state index in [0.717, 1.165) is 15.4 Å². The van der Waals surface area contributed by atoms with Crippen molar-refractivity contribution >= 4 is 62.3 Å². The zero-order valence-electron chi connectivity index (χ0n) is 23.5. The number of hydrogen-bond donors (Lipinski definition) is 1. The molecule has 11 heteroatoms. The van der Waals surface area contributed by atoms with E-state index in [1.54, 1.807) is 55.5 Å². The highest BCUT2D eigenvalue weighted by molar-refractivity contribution is 7.92. The van der Waals surface area contributed by atoms with Gasteiger partial charge in [-0.1, -0.05) is 95.5 Å². The summed E-state index contributed by atoms with van der Waals surface area (Å²) >= 11 is 19.4. The second-order valence-corrected chi connectivity index (χ2v) is 12.9. The number of rotatable bonds is 11. The van der Waals surface area contributed by atoms with E-state index in [4.69, 9.17) is 34.8 Å². The van der Waals surface area contributed by atoms with Crippen LogP contribution in [0, 0.1) is 6.92 Å². The molecule has 1 N–H and O–H groups in total. The fourth-order valence-corrected chi connectivity index (χ4v) is 6.68. The van der Waals surface area contributed by atoms with Crippen LogP contribution in [0.5, 0.6) is 0 Å². The van der Waals surface area contributed by atoms with Gasteiger partial charge in [-0.25, -0.2) is 8.42 Å². The van der Waals surface area contributed by atoms with E-state index >= 15 is 0 Å². The molecule has 43 heavy (non-hydrogen) atoms. The summed E-state index contributed by atoms with van der Waals surface area (Å²) in [7, 11) is -2.76. The Morgan fingerprint density at radius 2 is 1.42 bits per heavy atom. The minimum absolute atomic E-state index is 0.00710. The predicted molar refractivity (Wildman–Crippen MR) is 172 cm³/mol. The molecule has 4 aromatic rings. The highest BCUT2D eigenvalue weighted by Gasteiger charge is 2.35. The molecule has 0 radical (unpaired) electrons. The summed E-state index contributed by atoms with van der Waals surface area (Å²) in [5.41, 5.74) is 2.17. The van der Waals surface area contributed by atoms with Crippen LogP contribution in [0.1, 0.15) is 16.7 Å². The number of likely N-dealkylation sites (N-methyl/N-ethyl adjacent to an activating group) is 1. The van der Waals surface area contributed by atoms with Crippen LogP contribution in [0.3, 0.4) is 0 Å². The lowest BCUT2D eigenvalue weighted by molar-refractivity contribution is -0.139. The number of halogens is 3. The van der Waals surface area contributed by atoms with Gasteiger partial charge in [0.1, 0.15) is 12.6 Å². The lowest BCUT2D eigenvalue weighted by Crippen LogP contribution is -2.53. The van der Waals surface area contributed by atoms with Crippen molar-refractivity contribution in [2.45, 2.75) is 30.8 Å². The van der Waals surface area contributed by atoms with Crippen LogP contribution in [-0.2, 0) is 32.6 Å². The van der Waals surface area contributed by atoms with Gasteiger partial charge < -0.3 is 10.2 Å². The third-order valence-corrected chi connectivity index (χ3v) is 9.86. The first-order valence-corrected chi connectivity index (χ1v) is 15.9. The molecule has 0 spiro atoms. The Kier molecular flexibility index (Phi) is 10.7. The number of anilines is 1. The average Bonchev–Trinajstić information content (AvgIpc) is 3.00. The molecule has 4 aromatic carbocycles. The van der Waals surface area contributed by atoms with Crippen LogP contribution in [0.4, 0.5) is 5.69 Å². The average molecular weight is 659 g/mol. The van der Waals surface area contributed by atoms with Crippen molar-refractivity contribution in [2.24, 2.45) is 0 Å². The predicted octanol–water partition coefficient (Wildman–Crippen LogP) is 6.54. The number of carbonyl (C=O) groups is 2. The van der Waals surface area contributed by atoms with Crippen LogP contribution in [0.25, 0.3) is 0 Å². The number of amides is 2. The molecule has 0 heterocycles. The van der Waals surface area contributed by atoms with Gasteiger partial charge in [0, 0.05) is 40.6 Å². The minimum atomic E-state index is -4.24. The van der Waals surface area contributed by atoms with Gasteiger partial charge in [0.25, 0.3) is 10.0 Å². The number of nitrogens with one attached hydrogen (secondary N) is 1. The molecule has 224 valence electrons. The monoisotopic (exact) mass is 657 g/mol. The van der Waals surface area contributed by atoms with Crippen molar-refractivity contribution in [1.82, 2.24) is 10.2 Å². The van der Waals surface area contributed by atoms with Crippen LogP contribution in [-0.4, -0.2) is 44.8 Å². The molecule has 4 rings (SSSR count). The molecule has 0 saturated carbocycles. The second-order valence-electron chi connectivity index (χ2n) is 9.80. The Labute approximate surface area is 267 Å². The molecule has 2 amide bonds. The van der Waals surface area contributed by atoms with Crippen molar-refractivity contribution in [1.29, 1.82) is 0 Å². The molecule has 0 saturated heterocycles. The van der Waals surface area contributed by atoms with Gasteiger partial charge in [-0.15, -0.1) is 0 Å². The van der Waals surface area contributed by atoms with Crippen LogP contribution < -0.4 is 9.62 Å². The molecule has 0 aliphatic rings. The molecule has 0 bridgehead atoms. The first-order chi connectivity index (χ1) is 20.5. The summed E-state index contributed by atoms with van der Waals surface area (Å²) in [6.45, 7) is 1.02. The molecule has 7 nitrogen and oxygen atoms in total. The quantitative estimate of drug-likeness (QED) is 0.198. The Morgan fingerprint density at radius 1 is 0.814 bits per heavy atom. The van der Waals surface area contributed by atoms with Gasteiger partial charge >= 0.3 is 0 Å². The summed E-state index contributed by atoms with van der Waals surface area (Å²) in [5, 5.41) is 3.59. The maximum atomic E-state index is 14.4. The molecule has 0 aliphatic carbocycles. The standard InChI is InChI=1S/C32H30Cl3N3O4S/c1-22-16-17-24(19-29(22)35)38(43(41,42)25-12-7-4-8-13-25)21-31(39)37(20-26-27(33)14-9-15-28(26)34)30(32(40)36-2)18-23-10-5-3-6-11-23/h3-17,19,30H,18,20-21H2,1-2H3,(H,36,40)/t30-/m1/s1. The van der Waals surface area contributed by atoms with E-state index in [1.165, 1.54) is 30.1 Å². The Bertz CT molecular complexity index is 1680. The van der Waals surface area contributed by atoms with E-state index in [-0.39, 0.29) is 23.5 Å². The second kappa shape index (κ2) is 14.3. The fourth-order valence-electron chi connectivity index (χ4n) is 4.56. The number of aryl methyl sites for hydroxylation is 1. The smallest absolute Gasteiger partial charge is 0.264 e. The zero-order valence-corrected chi connectivity index (χ0v) is 26.6. The van der Waals surface area contributed by atoms with Crippen LogP contribution in [0.15, 0.2) is 102 Å². The van der Waals surface area contributed by atoms with Gasteiger partial charge in [0.15, 0.2) is 0 Å². The normalized spacial score (nSPS) is 11.9. The summed E-state index contributed by atoms with van der Waals surface area (Å²) in [4.78, 5) is 29.0. The summed E-state index contributed by atoms with van der Waals surface area (Å²) in [6, 6.07) is 25.7. The molecule has 0 unspecified atom stereocenters. The van der Waals surface area contributed by atoms with Crippen molar-refractivity contribution in [3.63, 3.8) is 0 Å². The Morgan fingerprint density at radius 3 is 2.00 bits per heavy atom. The highest BCUT2D eigenvalue weighted by atomic mass is 35.5. The number of benzene rings is 4. The van der Waals surface area contributed by atoms with Gasteiger partial charge in [0.05, 0.1) is 10.6 Å². The topological polar surface area (TPSA) is 86.8 Å². The van der Waals surface area contributed by atoms with Crippen molar-refractivity contribution in [3.8, 4) is 0 Å². The first kappa shape index (κ1) is 32.4. The first-order valence-electron chi connectivity index (χ1n) is 13.3.